The summed E-state index contributed by atoms with van der Waals surface area (Å²) in [6.45, 7) is 4.54. The van der Waals surface area contributed by atoms with E-state index < -0.39 is 0 Å². The zero-order chi connectivity index (χ0) is 14.4. The van der Waals surface area contributed by atoms with Gasteiger partial charge in [0.25, 0.3) is 5.91 Å². The van der Waals surface area contributed by atoms with Gasteiger partial charge in [-0.05, 0) is 37.3 Å². The molecule has 0 bridgehead atoms. The summed E-state index contributed by atoms with van der Waals surface area (Å²) >= 11 is 0. The number of rotatable bonds is 5. The lowest BCUT2D eigenvalue weighted by Crippen LogP contribution is -2.40. The lowest BCUT2D eigenvalue weighted by Gasteiger charge is -2.31. The Kier molecular flexibility index (Phi) is 5.35. The van der Waals surface area contributed by atoms with Crippen molar-refractivity contribution in [3.8, 4) is 0 Å². The Hall–Kier alpha value is -1.62. The molecule has 1 amide bonds. The fraction of sp³-hybridized carbons (Fsp3) is 0.600. The number of likely N-dealkylation sites (tertiary alicyclic amines) is 1. The number of amides is 1. The van der Waals surface area contributed by atoms with E-state index in [0.29, 0.717) is 12.1 Å². The van der Waals surface area contributed by atoms with Crippen LogP contribution in [0.2, 0.25) is 0 Å². The first-order chi connectivity index (χ1) is 9.74. The Morgan fingerprint density at radius 3 is 3.05 bits per heavy atom. The SMILES string of the molecule is CCCNc1ccc(C(=O)N2CCCC(CO)C2)cn1. The lowest BCUT2D eigenvalue weighted by molar-refractivity contribution is 0.0620. The van der Waals surface area contributed by atoms with E-state index in [1.54, 1.807) is 6.20 Å². The zero-order valence-corrected chi connectivity index (χ0v) is 12.0. The van der Waals surface area contributed by atoms with Gasteiger partial charge >= 0.3 is 0 Å². The third-order valence-electron chi connectivity index (χ3n) is 3.63. The maximum atomic E-state index is 12.4. The van der Waals surface area contributed by atoms with Crippen molar-refractivity contribution in [3.63, 3.8) is 0 Å². The van der Waals surface area contributed by atoms with Crippen molar-refractivity contribution in [1.82, 2.24) is 9.88 Å². The molecule has 1 aliphatic rings. The van der Waals surface area contributed by atoms with Gasteiger partial charge in [0.15, 0.2) is 0 Å². The maximum absolute atomic E-state index is 12.4. The predicted octanol–water partition coefficient (Wildman–Crippen LogP) is 1.75. The van der Waals surface area contributed by atoms with Crippen LogP contribution in [0.15, 0.2) is 18.3 Å². The molecule has 5 nitrogen and oxygen atoms in total. The second kappa shape index (κ2) is 7.24. The van der Waals surface area contributed by atoms with Gasteiger partial charge in [-0.25, -0.2) is 4.98 Å². The number of carbonyl (C=O) groups is 1. The summed E-state index contributed by atoms with van der Waals surface area (Å²) in [7, 11) is 0. The van der Waals surface area contributed by atoms with Gasteiger partial charge in [-0.3, -0.25) is 4.79 Å². The molecule has 1 fully saturated rings. The third-order valence-corrected chi connectivity index (χ3v) is 3.63. The first-order valence-electron chi connectivity index (χ1n) is 7.34. The van der Waals surface area contributed by atoms with Crippen LogP contribution in [0.3, 0.4) is 0 Å². The highest BCUT2D eigenvalue weighted by atomic mass is 16.3. The van der Waals surface area contributed by atoms with Crippen molar-refractivity contribution in [2.24, 2.45) is 5.92 Å². The molecular weight excluding hydrogens is 254 g/mol. The van der Waals surface area contributed by atoms with Crippen molar-refractivity contribution >= 4 is 11.7 Å². The molecule has 0 aliphatic carbocycles. The van der Waals surface area contributed by atoms with Gasteiger partial charge in [-0.2, -0.15) is 0 Å². The number of aliphatic hydroxyl groups is 1. The minimum absolute atomic E-state index is 0.0118. The molecular formula is C15H23N3O2. The Labute approximate surface area is 120 Å². The van der Waals surface area contributed by atoms with E-state index in [0.717, 1.165) is 38.2 Å². The fourth-order valence-electron chi connectivity index (χ4n) is 2.46. The minimum Gasteiger partial charge on any atom is -0.396 e. The number of hydrogen-bond donors (Lipinski definition) is 2. The van der Waals surface area contributed by atoms with Crippen molar-refractivity contribution in [1.29, 1.82) is 0 Å². The first-order valence-corrected chi connectivity index (χ1v) is 7.34. The Morgan fingerprint density at radius 2 is 2.40 bits per heavy atom. The van der Waals surface area contributed by atoms with Crippen molar-refractivity contribution in [2.45, 2.75) is 26.2 Å². The van der Waals surface area contributed by atoms with Crippen LogP contribution in [0.5, 0.6) is 0 Å². The number of nitrogens with one attached hydrogen (secondary N) is 1. The average molecular weight is 277 g/mol. The smallest absolute Gasteiger partial charge is 0.255 e. The lowest BCUT2D eigenvalue weighted by atomic mass is 9.98. The minimum atomic E-state index is 0.0118. The Balaban J connectivity index is 1.98. The van der Waals surface area contributed by atoms with E-state index >= 15 is 0 Å². The largest absolute Gasteiger partial charge is 0.396 e. The van der Waals surface area contributed by atoms with E-state index in [1.165, 1.54) is 0 Å². The molecule has 2 heterocycles. The highest BCUT2D eigenvalue weighted by Crippen LogP contribution is 2.18. The number of hydrogen-bond acceptors (Lipinski definition) is 4. The van der Waals surface area contributed by atoms with Gasteiger partial charge in [0.05, 0.1) is 5.56 Å². The van der Waals surface area contributed by atoms with E-state index in [-0.39, 0.29) is 18.4 Å². The van der Waals surface area contributed by atoms with Crippen LogP contribution in [-0.2, 0) is 0 Å². The maximum Gasteiger partial charge on any atom is 0.255 e. The summed E-state index contributed by atoms with van der Waals surface area (Å²) in [6, 6.07) is 3.66. The molecule has 0 spiro atoms. The number of aliphatic hydroxyl groups excluding tert-OH is 1. The molecule has 20 heavy (non-hydrogen) atoms. The van der Waals surface area contributed by atoms with E-state index in [4.69, 9.17) is 0 Å². The molecule has 0 saturated carbocycles. The van der Waals surface area contributed by atoms with Crippen LogP contribution in [0.1, 0.15) is 36.5 Å². The molecule has 1 saturated heterocycles. The van der Waals surface area contributed by atoms with Crippen LogP contribution < -0.4 is 5.32 Å². The summed E-state index contributed by atoms with van der Waals surface area (Å²) in [5.41, 5.74) is 0.616. The monoisotopic (exact) mass is 277 g/mol. The number of carbonyl (C=O) groups excluding carboxylic acids is 1. The van der Waals surface area contributed by atoms with Crippen LogP contribution in [-0.4, -0.2) is 47.1 Å². The summed E-state index contributed by atoms with van der Waals surface area (Å²) in [4.78, 5) is 18.5. The molecule has 1 aromatic heterocycles. The molecule has 0 aromatic carbocycles. The first kappa shape index (κ1) is 14.8. The molecule has 1 aliphatic heterocycles. The quantitative estimate of drug-likeness (QED) is 0.860. The van der Waals surface area contributed by atoms with Crippen molar-refractivity contribution in [2.75, 3.05) is 31.6 Å². The number of piperidine rings is 1. The zero-order valence-electron chi connectivity index (χ0n) is 12.0. The van der Waals surface area contributed by atoms with Gasteiger partial charge in [0, 0.05) is 32.4 Å². The van der Waals surface area contributed by atoms with Gasteiger partial charge in [-0.15, -0.1) is 0 Å². The molecule has 5 heteroatoms. The molecule has 2 N–H and O–H groups in total. The summed E-state index contributed by atoms with van der Waals surface area (Å²) in [6.07, 6.45) is 4.63. The van der Waals surface area contributed by atoms with Crippen LogP contribution >= 0.6 is 0 Å². The highest BCUT2D eigenvalue weighted by molar-refractivity contribution is 5.94. The van der Waals surface area contributed by atoms with Gasteiger partial charge in [0.2, 0.25) is 0 Å². The number of aromatic nitrogens is 1. The molecule has 2 rings (SSSR count). The van der Waals surface area contributed by atoms with E-state index in [1.807, 2.05) is 17.0 Å². The van der Waals surface area contributed by atoms with Crippen molar-refractivity contribution < 1.29 is 9.90 Å². The number of anilines is 1. The van der Waals surface area contributed by atoms with Crippen LogP contribution in [0, 0.1) is 5.92 Å². The van der Waals surface area contributed by atoms with Crippen molar-refractivity contribution in [3.05, 3.63) is 23.9 Å². The van der Waals surface area contributed by atoms with Gasteiger partial charge in [-0.1, -0.05) is 6.92 Å². The van der Waals surface area contributed by atoms with E-state index in [2.05, 4.69) is 17.2 Å². The second-order valence-electron chi connectivity index (χ2n) is 5.30. The van der Waals surface area contributed by atoms with Gasteiger partial charge < -0.3 is 15.3 Å². The normalized spacial score (nSPS) is 18.9. The average Bonchev–Trinajstić information content (AvgIpc) is 2.52. The molecule has 1 atom stereocenters. The number of nitrogens with zero attached hydrogens (tertiary/aromatic N) is 2. The Bertz CT molecular complexity index is 433. The van der Waals surface area contributed by atoms with E-state index in [9.17, 15) is 9.90 Å². The standard InChI is InChI=1S/C15H23N3O2/c1-2-7-16-14-6-5-13(9-17-14)15(20)18-8-3-4-12(10-18)11-19/h5-6,9,12,19H,2-4,7-8,10-11H2,1H3,(H,16,17). The molecule has 0 radical (unpaired) electrons. The summed E-state index contributed by atoms with van der Waals surface area (Å²) in [5, 5.41) is 12.4. The summed E-state index contributed by atoms with van der Waals surface area (Å²) < 4.78 is 0. The predicted molar refractivity (Wildman–Crippen MR) is 78.7 cm³/mol. The summed E-state index contributed by atoms with van der Waals surface area (Å²) in [5.74, 6) is 1.03. The third kappa shape index (κ3) is 3.70. The van der Waals surface area contributed by atoms with Gasteiger partial charge in [0.1, 0.15) is 5.82 Å². The van der Waals surface area contributed by atoms with Crippen LogP contribution in [0.25, 0.3) is 0 Å². The van der Waals surface area contributed by atoms with Crippen LogP contribution in [0.4, 0.5) is 5.82 Å². The molecule has 110 valence electrons. The topological polar surface area (TPSA) is 65.5 Å². The fourth-order valence-corrected chi connectivity index (χ4v) is 2.46. The second-order valence-corrected chi connectivity index (χ2v) is 5.30. The number of pyridine rings is 1. The molecule has 1 unspecified atom stereocenters. The Morgan fingerprint density at radius 1 is 1.55 bits per heavy atom. The molecule has 1 aromatic rings. The highest BCUT2D eigenvalue weighted by Gasteiger charge is 2.24.